The summed E-state index contributed by atoms with van der Waals surface area (Å²) in [7, 11) is 1.68. The highest BCUT2D eigenvalue weighted by atomic mass is 79.9. The molecule has 3 rings (SSSR count). The summed E-state index contributed by atoms with van der Waals surface area (Å²) in [6.45, 7) is 0.304. The number of rotatable bonds is 5. The average Bonchev–Trinajstić information content (AvgIpc) is 3.17. The molecule has 0 saturated carbocycles. The number of amides is 2. The summed E-state index contributed by atoms with van der Waals surface area (Å²) in [4.78, 5) is 30.0. The number of aromatic nitrogens is 1. The summed E-state index contributed by atoms with van der Waals surface area (Å²) >= 11 is 4.68. The third-order valence-electron chi connectivity index (χ3n) is 3.33. The Balaban J connectivity index is 1.55. The van der Waals surface area contributed by atoms with E-state index in [0.29, 0.717) is 11.2 Å². The van der Waals surface area contributed by atoms with Crippen LogP contribution in [0, 0.1) is 0 Å². The minimum Gasteiger partial charge on any atom is -0.444 e. The third-order valence-corrected chi connectivity index (χ3v) is 4.78. The summed E-state index contributed by atoms with van der Waals surface area (Å²) < 4.78 is 6.69. The van der Waals surface area contributed by atoms with Gasteiger partial charge in [0.15, 0.2) is 10.4 Å². The average molecular weight is 408 g/mol. The first-order valence-corrected chi connectivity index (χ1v) is 8.76. The van der Waals surface area contributed by atoms with E-state index in [9.17, 15) is 9.59 Å². The van der Waals surface area contributed by atoms with E-state index < -0.39 is 5.91 Å². The van der Waals surface area contributed by atoms with Crippen LogP contribution in [0.3, 0.4) is 0 Å². The summed E-state index contributed by atoms with van der Waals surface area (Å²) in [5, 5.41) is 3.40. The van der Waals surface area contributed by atoms with Gasteiger partial charge in [0.05, 0.1) is 23.3 Å². The quantitative estimate of drug-likeness (QED) is 0.704. The number of nitrogens with one attached hydrogen (secondary N) is 1. The van der Waals surface area contributed by atoms with Crippen molar-refractivity contribution in [2.24, 2.45) is 0 Å². The predicted molar refractivity (Wildman–Crippen MR) is 94.8 cm³/mol. The smallest absolute Gasteiger partial charge is 0.287 e. The molecule has 2 aromatic heterocycles. The molecule has 0 saturated heterocycles. The number of fused-ring (bicyclic) bond motifs is 1. The van der Waals surface area contributed by atoms with Crippen LogP contribution in [0.5, 0.6) is 0 Å². The van der Waals surface area contributed by atoms with Gasteiger partial charge >= 0.3 is 0 Å². The van der Waals surface area contributed by atoms with Crippen LogP contribution in [0.1, 0.15) is 15.6 Å². The normalized spacial score (nSPS) is 10.8. The number of hydrogen-bond donors (Lipinski definition) is 1. The molecule has 24 heavy (non-hydrogen) atoms. The zero-order valence-electron chi connectivity index (χ0n) is 12.8. The molecule has 0 fully saturated rings. The molecule has 2 amide bonds. The summed E-state index contributed by atoms with van der Waals surface area (Å²) in [6, 6.07) is 11.0. The highest BCUT2D eigenvalue weighted by Crippen LogP contribution is 2.22. The first-order valence-electron chi connectivity index (χ1n) is 7.15. The van der Waals surface area contributed by atoms with Gasteiger partial charge in [-0.25, -0.2) is 4.98 Å². The van der Waals surface area contributed by atoms with Gasteiger partial charge in [0.2, 0.25) is 5.91 Å². The lowest BCUT2D eigenvalue weighted by molar-refractivity contribution is -0.129. The van der Waals surface area contributed by atoms with Crippen molar-refractivity contribution < 1.29 is 14.0 Å². The molecule has 0 aliphatic carbocycles. The molecule has 6 nitrogen and oxygen atoms in total. The number of carbonyl (C=O) groups excluding carboxylic acids is 2. The number of likely N-dealkylation sites (N-methyl/N-ethyl adjacent to an activating group) is 1. The number of hydrogen-bond acceptors (Lipinski definition) is 5. The Bertz CT molecular complexity index is 856. The van der Waals surface area contributed by atoms with E-state index in [-0.39, 0.29) is 18.2 Å². The van der Waals surface area contributed by atoms with Gasteiger partial charge in [-0.2, -0.15) is 0 Å². The number of para-hydroxylation sites is 1. The summed E-state index contributed by atoms with van der Waals surface area (Å²) in [6.07, 6.45) is 0. The van der Waals surface area contributed by atoms with Crippen LogP contribution in [-0.4, -0.2) is 35.3 Å². The van der Waals surface area contributed by atoms with E-state index in [1.807, 2.05) is 24.3 Å². The van der Waals surface area contributed by atoms with Gasteiger partial charge in [0.1, 0.15) is 5.01 Å². The second-order valence-corrected chi connectivity index (χ2v) is 7.01. The molecule has 0 aliphatic rings. The fourth-order valence-electron chi connectivity index (χ4n) is 2.09. The molecule has 0 aliphatic heterocycles. The second kappa shape index (κ2) is 7.14. The maximum atomic E-state index is 12.2. The zero-order valence-corrected chi connectivity index (χ0v) is 15.2. The van der Waals surface area contributed by atoms with Crippen LogP contribution < -0.4 is 5.32 Å². The van der Waals surface area contributed by atoms with E-state index in [2.05, 4.69) is 26.2 Å². The minimum atomic E-state index is -0.428. The maximum absolute atomic E-state index is 12.2. The highest BCUT2D eigenvalue weighted by Gasteiger charge is 2.15. The number of furan rings is 1. The van der Waals surface area contributed by atoms with Crippen molar-refractivity contribution in [2.45, 2.75) is 6.54 Å². The fraction of sp³-hybridized carbons (Fsp3) is 0.188. The van der Waals surface area contributed by atoms with Crippen molar-refractivity contribution in [3.05, 3.63) is 51.8 Å². The van der Waals surface area contributed by atoms with Gasteiger partial charge in [-0.15, -0.1) is 11.3 Å². The molecule has 2 heterocycles. The van der Waals surface area contributed by atoms with Crippen LogP contribution in [0.15, 0.2) is 45.5 Å². The van der Waals surface area contributed by atoms with Gasteiger partial charge < -0.3 is 14.6 Å². The van der Waals surface area contributed by atoms with Crippen molar-refractivity contribution in [3.8, 4) is 0 Å². The number of carbonyl (C=O) groups is 2. The Morgan fingerprint density at radius 3 is 2.79 bits per heavy atom. The van der Waals surface area contributed by atoms with E-state index in [1.165, 1.54) is 11.0 Å². The SMILES string of the molecule is CN(Cc1nc2ccccc2s1)C(=O)CNC(=O)c1ccc(Br)o1. The monoisotopic (exact) mass is 407 g/mol. The lowest BCUT2D eigenvalue weighted by atomic mass is 10.3. The highest BCUT2D eigenvalue weighted by molar-refractivity contribution is 9.10. The van der Waals surface area contributed by atoms with Gasteiger partial charge in [-0.3, -0.25) is 9.59 Å². The molecule has 0 bridgehead atoms. The van der Waals surface area contributed by atoms with Crippen LogP contribution >= 0.6 is 27.3 Å². The fourth-order valence-corrected chi connectivity index (χ4v) is 3.42. The molecule has 124 valence electrons. The van der Waals surface area contributed by atoms with Gasteiger partial charge in [-0.05, 0) is 40.2 Å². The molecular formula is C16H14BrN3O3S. The van der Waals surface area contributed by atoms with Crippen LogP contribution in [-0.2, 0) is 11.3 Å². The molecule has 3 aromatic rings. The Morgan fingerprint density at radius 1 is 1.29 bits per heavy atom. The molecule has 0 radical (unpaired) electrons. The van der Waals surface area contributed by atoms with Crippen LogP contribution in [0.25, 0.3) is 10.2 Å². The Hall–Kier alpha value is -2.19. The number of thiazole rings is 1. The predicted octanol–water partition coefficient (Wildman–Crippen LogP) is 3.04. The van der Waals surface area contributed by atoms with Gasteiger partial charge in [0.25, 0.3) is 5.91 Å². The molecule has 1 N–H and O–H groups in total. The molecular weight excluding hydrogens is 394 g/mol. The van der Waals surface area contributed by atoms with Crippen molar-refractivity contribution in [3.63, 3.8) is 0 Å². The van der Waals surface area contributed by atoms with Crippen molar-refractivity contribution >= 4 is 49.3 Å². The zero-order chi connectivity index (χ0) is 17.1. The Kier molecular flexibility index (Phi) is 4.96. The van der Waals surface area contributed by atoms with Gasteiger partial charge in [-0.1, -0.05) is 12.1 Å². The minimum absolute atomic E-state index is 0.0987. The van der Waals surface area contributed by atoms with Crippen LogP contribution in [0.4, 0.5) is 0 Å². The Morgan fingerprint density at radius 2 is 2.08 bits per heavy atom. The molecule has 1 aromatic carbocycles. The molecule has 0 spiro atoms. The third kappa shape index (κ3) is 3.82. The first kappa shape index (κ1) is 16.7. The standard InChI is InChI=1S/C16H14BrN3O3S/c1-20(9-14-19-10-4-2-3-5-12(10)24-14)15(21)8-18-16(22)11-6-7-13(17)23-11/h2-7H,8-9H2,1H3,(H,18,22). The largest absolute Gasteiger partial charge is 0.444 e. The Labute approximate surface area is 150 Å². The summed E-state index contributed by atoms with van der Waals surface area (Å²) in [5.41, 5.74) is 0.926. The lowest BCUT2D eigenvalue weighted by Crippen LogP contribution is -2.37. The molecule has 8 heteroatoms. The van der Waals surface area contributed by atoms with Gasteiger partial charge in [0, 0.05) is 7.05 Å². The van der Waals surface area contributed by atoms with Crippen LogP contribution in [0.2, 0.25) is 0 Å². The first-order chi connectivity index (χ1) is 11.5. The lowest BCUT2D eigenvalue weighted by Gasteiger charge is -2.15. The summed E-state index contributed by atoms with van der Waals surface area (Å²) in [5.74, 6) is -0.473. The number of benzene rings is 1. The van der Waals surface area contributed by atoms with Crippen molar-refractivity contribution in [1.29, 1.82) is 0 Å². The van der Waals surface area contributed by atoms with E-state index in [4.69, 9.17) is 4.42 Å². The number of nitrogens with zero attached hydrogens (tertiary/aromatic N) is 2. The topological polar surface area (TPSA) is 75.4 Å². The van der Waals surface area contributed by atoms with Crippen molar-refractivity contribution in [1.82, 2.24) is 15.2 Å². The molecule has 0 atom stereocenters. The van der Waals surface area contributed by atoms with E-state index >= 15 is 0 Å². The van der Waals surface area contributed by atoms with E-state index in [1.54, 1.807) is 24.5 Å². The van der Waals surface area contributed by atoms with E-state index in [0.717, 1.165) is 15.2 Å². The second-order valence-electron chi connectivity index (χ2n) is 5.11. The number of halogens is 1. The maximum Gasteiger partial charge on any atom is 0.287 e. The molecule has 0 unspecified atom stereocenters. The van der Waals surface area contributed by atoms with Crippen molar-refractivity contribution in [2.75, 3.05) is 13.6 Å².